The number of rotatable bonds is 8. The van der Waals surface area contributed by atoms with Gasteiger partial charge in [0.25, 0.3) is 0 Å². The molecule has 168 valence electrons. The Hall–Kier alpha value is -3.28. The van der Waals surface area contributed by atoms with Crippen LogP contribution < -0.4 is 10.1 Å². The van der Waals surface area contributed by atoms with E-state index in [-0.39, 0.29) is 6.10 Å². The molecule has 6 heteroatoms. The number of ether oxygens (including phenoxy) is 1. The lowest BCUT2D eigenvalue weighted by Gasteiger charge is -2.34. The zero-order chi connectivity index (χ0) is 22.0. The highest BCUT2D eigenvalue weighted by Gasteiger charge is 2.22. The normalized spacial score (nSPS) is 15.0. The quantitative estimate of drug-likeness (QED) is 0.430. The predicted octanol–water partition coefficient (Wildman–Crippen LogP) is 4.13. The molecule has 2 aromatic carbocycles. The first kappa shape index (κ1) is 21.9. The summed E-state index contributed by atoms with van der Waals surface area (Å²) in [4.78, 5) is 11.8. The molecule has 1 N–H and O–H groups in total. The van der Waals surface area contributed by atoms with E-state index in [4.69, 9.17) is 9.73 Å². The molecule has 0 saturated carbocycles. The van der Waals surface area contributed by atoms with Crippen molar-refractivity contribution in [2.75, 3.05) is 19.6 Å². The number of aromatic nitrogens is 2. The Morgan fingerprint density at radius 3 is 2.50 bits per heavy atom. The van der Waals surface area contributed by atoms with Gasteiger partial charge in [-0.3, -0.25) is 0 Å². The van der Waals surface area contributed by atoms with Gasteiger partial charge in [0, 0.05) is 51.4 Å². The summed E-state index contributed by atoms with van der Waals surface area (Å²) in [5.74, 6) is 2.91. The third-order valence-electron chi connectivity index (χ3n) is 5.78. The van der Waals surface area contributed by atoms with Crippen LogP contribution in [0.3, 0.4) is 0 Å². The largest absolute Gasteiger partial charge is 0.490 e. The van der Waals surface area contributed by atoms with Gasteiger partial charge in [0.15, 0.2) is 5.96 Å². The summed E-state index contributed by atoms with van der Waals surface area (Å²) >= 11 is 0. The summed E-state index contributed by atoms with van der Waals surface area (Å²) in [6.45, 7) is 6.32. The number of aryl methyl sites for hydroxylation is 2. The molecule has 1 saturated heterocycles. The maximum atomic E-state index is 6.14. The van der Waals surface area contributed by atoms with Gasteiger partial charge in [-0.2, -0.15) is 0 Å². The van der Waals surface area contributed by atoms with Crippen LogP contribution in [0.15, 0.2) is 78.0 Å². The maximum absolute atomic E-state index is 6.14. The Morgan fingerprint density at radius 1 is 1.06 bits per heavy atom. The van der Waals surface area contributed by atoms with Crippen molar-refractivity contribution in [2.45, 2.75) is 45.4 Å². The lowest BCUT2D eigenvalue weighted by molar-refractivity contribution is 0.129. The van der Waals surface area contributed by atoms with Crippen LogP contribution in [-0.4, -0.2) is 46.1 Å². The van der Waals surface area contributed by atoms with E-state index >= 15 is 0 Å². The van der Waals surface area contributed by atoms with Gasteiger partial charge >= 0.3 is 0 Å². The molecule has 0 aliphatic carbocycles. The van der Waals surface area contributed by atoms with E-state index in [1.54, 1.807) is 0 Å². The molecule has 6 nitrogen and oxygen atoms in total. The number of aliphatic imine (C=N–C) groups is 1. The first-order valence-corrected chi connectivity index (χ1v) is 11.6. The molecule has 4 rings (SSSR count). The number of likely N-dealkylation sites (tertiary alicyclic amines) is 1. The molecule has 1 aromatic heterocycles. The van der Waals surface area contributed by atoms with Crippen LogP contribution in [-0.2, 0) is 19.5 Å². The smallest absolute Gasteiger partial charge is 0.194 e. The first-order valence-electron chi connectivity index (χ1n) is 11.6. The van der Waals surface area contributed by atoms with Crippen molar-refractivity contribution < 1.29 is 4.74 Å². The summed E-state index contributed by atoms with van der Waals surface area (Å²) in [6.07, 6.45) is 7.15. The lowest BCUT2D eigenvalue weighted by Crippen LogP contribution is -2.47. The topological polar surface area (TPSA) is 54.7 Å². The molecule has 0 unspecified atom stereocenters. The van der Waals surface area contributed by atoms with Crippen molar-refractivity contribution >= 4 is 5.96 Å². The van der Waals surface area contributed by atoms with E-state index in [9.17, 15) is 0 Å². The van der Waals surface area contributed by atoms with E-state index in [1.165, 1.54) is 5.56 Å². The van der Waals surface area contributed by atoms with Crippen molar-refractivity contribution in [3.63, 3.8) is 0 Å². The minimum atomic E-state index is 0.258. The van der Waals surface area contributed by atoms with Gasteiger partial charge in [-0.15, -0.1) is 0 Å². The number of imidazole rings is 1. The van der Waals surface area contributed by atoms with E-state index in [0.29, 0.717) is 6.54 Å². The van der Waals surface area contributed by atoms with Crippen LogP contribution in [0, 0.1) is 0 Å². The number of guanidine groups is 1. The molecule has 0 spiro atoms. The fourth-order valence-electron chi connectivity index (χ4n) is 4.04. The standard InChI is InChI=1S/C26H33N5O/c1-2-27-26(31-18-14-24(15-19-31)32-23-11-7-4-8-12-23)29-21-25-28-16-20-30(25)17-13-22-9-5-3-6-10-22/h3-12,16,20,24H,2,13-15,17-19,21H2,1H3,(H,27,29). The predicted molar refractivity (Wildman–Crippen MR) is 129 cm³/mol. The van der Waals surface area contributed by atoms with Crippen LogP contribution in [0.2, 0.25) is 0 Å². The van der Waals surface area contributed by atoms with Crippen molar-refractivity contribution in [1.29, 1.82) is 0 Å². The van der Waals surface area contributed by atoms with Crippen LogP contribution >= 0.6 is 0 Å². The average Bonchev–Trinajstić information content (AvgIpc) is 3.30. The number of para-hydroxylation sites is 1. The highest BCUT2D eigenvalue weighted by atomic mass is 16.5. The molecule has 0 amide bonds. The summed E-state index contributed by atoms with van der Waals surface area (Å²) in [5.41, 5.74) is 1.34. The molecule has 3 aromatic rings. The van der Waals surface area contributed by atoms with Crippen LogP contribution in [0.25, 0.3) is 0 Å². The molecule has 1 fully saturated rings. The van der Waals surface area contributed by atoms with Gasteiger partial charge < -0.3 is 19.5 Å². The van der Waals surface area contributed by atoms with Crippen molar-refractivity contribution in [2.24, 2.45) is 4.99 Å². The number of benzene rings is 2. The molecule has 1 aliphatic rings. The van der Waals surface area contributed by atoms with Crippen LogP contribution in [0.5, 0.6) is 5.75 Å². The Labute approximate surface area is 191 Å². The minimum Gasteiger partial charge on any atom is -0.490 e. The van der Waals surface area contributed by atoms with Gasteiger partial charge in [-0.05, 0) is 31.0 Å². The molecule has 0 radical (unpaired) electrons. The van der Waals surface area contributed by atoms with Gasteiger partial charge in [0.1, 0.15) is 24.2 Å². The molecular weight excluding hydrogens is 398 g/mol. The van der Waals surface area contributed by atoms with Crippen molar-refractivity contribution in [1.82, 2.24) is 19.8 Å². The monoisotopic (exact) mass is 431 g/mol. The number of nitrogens with zero attached hydrogens (tertiary/aromatic N) is 4. The summed E-state index contributed by atoms with van der Waals surface area (Å²) in [5, 5.41) is 3.45. The Morgan fingerprint density at radius 2 is 1.78 bits per heavy atom. The SMILES string of the molecule is CCNC(=NCc1nccn1CCc1ccccc1)N1CCC(Oc2ccccc2)CC1. The van der Waals surface area contributed by atoms with Crippen LogP contribution in [0.4, 0.5) is 0 Å². The number of nitrogens with one attached hydrogen (secondary N) is 1. The van der Waals surface area contributed by atoms with Gasteiger partial charge in [-0.1, -0.05) is 48.5 Å². The van der Waals surface area contributed by atoms with Crippen molar-refractivity contribution in [3.8, 4) is 5.75 Å². The molecule has 0 atom stereocenters. The third-order valence-corrected chi connectivity index (χ3v) is 5.78. The lowest BCUT2D eigenvalue weighted by atomic mass is 10.1. The minimum absolute atomic E-state index is 0.258. The second-order valence-corrected chi connectivity index (χ2v) is 8.06. The second kappa shape index (κ2) is 11.4. The van der Waals surface area contributed by atoms with Crippen LogP contribution in [0.1, 0.15) is 31.2 Å². The van der Waals surface area contributed by atoms with Gasteiger partial charge in [0.2, 0.25) is 0 Å². The van der Waals surface area contributed by atoms with E-state index in [0.717, 1.165) is 63.0 Å². The summed E-state index contributed by atoms with van der Waals surface area (Å²) < 4.78 is 8.35. The summed E-state index contributed by atoms with van der Waals surface area (Å²) in [6, 6.07) is 20.7. The third kappa shape index (κ3) is 6.13. The first-order chi connectivity index (χ1) is 15.8. The average molecular weight is 432 g/mol. The van der Waals surface area contributed by atoms with Gasteiger partial charge in [-0.25, -0.2) is 9.98 Å². The second-order valence-electron chi connectivity index (χ2n) is 8.06. The maximum Gasteiger partial charge on any atom is 0.194 e. The van der Waals surface area contributed by atoms with E-state index in [2.05, 4.69) is 57.0 Å². The van der Waals surface area contributed by atoms with Crippen molar-refractivity contribution in [3.05, 3.63) is 84.4 Å². The fourth-order valence-corrected chi connectivity index (χ4v) is 4.04. The molecule has 1 aliphatic heterocycles. The van der Waals surface area contributed by atoms with Gasteiger partial charge in [0.05, 0.1) is 0 Å². The molecular formula is C26H33N5O. The highest BCUT2D eigenvalue weighted by Crippen LogP contribution is 2.19. The Kier molecular flexibility index (Phi) is 7.79. The summed E-state index contributed by atoms with van der Waals surface area (Å²) in [7, 11) is 0. The highest BCUT2D eigenvalue weighted by molar-refractivity contribution is 5.80. The molecule has 2 heterocycles. The number of piperidine rings is 1. The van der Waals surface area contributed by atoms with E-state index in [1.807, 2.05) is 42.7 Å². The Balaban J connectivity index is 1.32. The number of hydrogen-bond donors (Lipinski definition) is 1. The zero-order valence-electron chi connectivity index (χ0n) is 18.9. The molecule has 0 bridgehead atoms. The fraction of sp³-hybridized carbons (Fsp3) is 0.385. The molecule has 32 heavy (non-hydrogen) atoms. The van der Waals surface area contributed by atoms with E-state index < -0.39 is 0 Å². The number of hydrogen-bond acceptors (Lipinski definition) is 3. The zero-order valence-corrected chi connectivity index (χ0v) is 18.9. The Bertz CT molecular complexity index is 962.